The van der Waals surface area contributed by atoms with Crippen LogP contribution in [-0.2, 0) is 16.1 Å². The molecule has 25 heavy (non-hydrogen) atoms. The van der Waals surface area contributed by atoms with Gasteiger partial charge in [0.15, 0.2) is 0 Å². The molecule has 1 spiro atoms. The van der Waals surface area contributed by atoms with Crippen LogP contribution in [0.4, 0.5) is 4.79 Å². The number of amides is 2. The molecule has 1 aromatic rings. The number of rotatable bonds is 3. The lowest BCUT2D eigenvalue weighted by Gasteiger charge is -2.48. The number of carbonyl (C=O) groups excluding carboxylic acids is 2. The van der Waals surface area contributed by atoms with Crippen molar-refractivity contribution in [3.05, 3.63) is 24.2 Å². The summed E-state index contributed by atoms with van der Waals surface area (Å²) in [6, 6.07) is 3.62. The van der Waals surface area contributed by atoms with Crippen molar-refractivity contribution in [3.63, 3.8) is 0 Å². The van der Waals surface area contributed by atoms with Gasteiger partial charge in [-0.3, -0.25) is 4.79 Å². The molecule has 1 aliphatic carbocycles. The van der Waals surface area contributed by atoms with Crippen LogP contribution < -0.4 is 5.32 Å². The van der Waals surface area contributed by atoms with Gasteiger partial charge in [-0.25, -0.2) is 4.79 Å². The van der Waals surface area contributed by atoms with E-state index in [0.29, 0.717) is 30.6 Å². The highest BCUT2D eigenvalue weighted by Crippen LogP contribution is 2.49. The minimum atomic E-state index is -0.384. The van der Waals surface area contributed by atoms with E-state index >= 15 is 0 Å². The maximum Gasteiger partial charge on any atom is 0.407 e. The molecule has 2 aliphatic heterocycles. The summed E-state index contributed by atoms with van der Waals surface area (Å²) in [6.45, 7) is 1.25. The number of alkyl carbamates (subject to hydrolysis) is 1. The van der Waals surface area contributed by atoms with Crippen molar-refractivity contribution < 1.29 is 18.7 Å². The second-order valence-corrected chi connectivity index (χ2v) is 7.58. The maximum absolute atomic E-state index is 12.4. The average molecular weight is 346 g/mol. The predicted octanol–water partition coefficient (Wildman–Crippen LogP) is 3.22. The quantitative estimate of drug-likeness (QED) is 0.912. The molecule has 6 nitrogen and oxygen atoms in total. The third kappa shape index (κ3) is 3.14. The lowest BCUT2D eigenvalue weighted by atomic mass is 9.69. The zero-order chi connectivity index (χ0) is 17.3. The van der Waals surface area contributed by atoms with E-state index in [9.17, 15) is 9.59 Å². The van der Waals surface area contributed by atoms with Gasteiger partial charge < -0.3 is 19.4 Å². The molecule has 0 aromatic carbocycles. The zero-order valence-corrected chi connectivity index (χ0v) is 14.5. The molecule has 2 saturated heterocycles. The van der Waals surface area contributed by atoms with Gasteiger partial charge in [-0.2, -0.15) is 0 Å². The third-order valence-corrected chi connectivity index (χ3v) is 6.24. The van der Waals surface area contributed by atoms with E-state index in [0.717, 1.165) is 51.5 Å². The number of furan rings is 1. The first kappa shape index (κ1) is 16.5. The lowest BCUT2D eigenvalue weighted by molar-refractivity contribution is -0.138. The van der Waals surface area contributed by atoms with Crippen molar-refractivity contribution in [3.8, 4) is 0 Å². The molecule has 1 aromatic heterocycles. The molecule has 3 atom stereocenters. The highest BCUT2D eigenvalue weighted by atomic mass is 16.6. The van der Waals surface area contributed by atoms with Gasteiger partial charge in [0.2, 0.25) is 5.91 Å². The van der Waals surface area contributed by atoms with Gasteiger partial charge in [0, 0.05) is 18.5 Å². The van der Waals surface area contributed by atoms with Crippen LogP contribution >= 0.6 is 0 Å². The van der Waals surface area contributed by atoms with Crippen LogP contribution in [0, 0.1) is 5.92 Å². The molecule has 2 amide bonds. The van der Waals surface area contributed by atoms with Crippen molar-refractivity contribution in [2.45, 2.75) is 69.6 Å². The Labute approximate surface area is 147 Å². The fraction of sp³-hybridized carbons (Fsp3) is 0.684. The highest BCUT2D eigenvalue weighted by Gasteiger charge is 2.52. The predicted molar refractivity (Wildman–Crippen MR) is 90.7 cm³/mol. The summed E-state index contributed by atoms with van der Waals surface area (Å²) in [5.74, 6) is 1.50. The molecule has 4 rings (SSSR count). The molecule has 0 bridgehead atoms. The number of nitrogens with zero attached hydrogens (tertiary/aromatic N) is 1. The van der Waals surface area contributed by atoms with Gasteiger partial charge in [-0.15, -0.1) is 0 Å². The summed E-state index contributed by atoms with van der Waals surface area (Å²) in [6.07, 6.45) is 8.74. The summed E-state index contributed by atoms with van der Waals surface area (Å²) in [4.78, 5) is 26.7. The minimum Gasteiger partial charge on any atom is -0.467 e. The normalized spacial score (nSPS) is 31.8. The molecule has 3 fully saturated rings. The van der Waals surface area contributed by atoms with Crippen LogP contribution in [0.3, 0.4) is 0 Å². The first-order valence-electron chi connectivity index (χ1n) is 9.45. The molecular weight excluding hydrogens is 320 g/mol. The van der Waals surface area contributed by atoms with Crippen LogP contribution in [0.15, 0.2) is 22.8 Å². The Bertz CT molecular complexity index is 629. The minimum absolute atomic E-state index is 0.0398. The molecule has 1 N–H and O–H groups in total. The number of ether oxygens (including phenoxy) is 1. The Morgan fingerprint density at radius 1 is 1.36 bits per heavy atom. The number of hydrogen-bond acceptors (Lipinski definition) is 4. The van der Waals surface area contributed by atoms with E-state index in [1.807, 2.05) is 6.07 Å². The largest absolute Gasteiger partial charge is 0.467 e. The molecule has 3 heterocycles. The van der Waals surface area contributed by atoms with Gasteiger partial charge in [-0.05, 0) is 63.0 Å². The fourth-order valence-electron chi connectivity index (χ4n) is 5.12. The number of hydrogen-bond donors (Lipinski definition) is 1. The van der Waals surface area contributed by atoms with Crippen molar-refractivity contribution in [2.24, 2.45) is 5.92 Å². The Morgan fingerprint density at radius 3 is 3.12 bits per heavy atom. The van der Waals surface area contributed by atoms with E-state index < -0.39 is 0 Å². The molecule has 136 valence electrons. The van der Waals surface area contributed by atoms with Crippen molar-refractivity contribution in [1.29, 1.82) is 0 Å². The first-order valence-corrected chi connectivity index (χ1v) is 9.45. The average Bonchev–Trinajstić information content (AvgIpc) is 3.24. The second kappa shape index (κ2) is 6.73. The molecule has 3 aliphatic rings. The van der Waals surface area contributed by atoms with Crippen LogP contribution in [0.5, 0.6) is 0 Å². The summed E-state index contributed by atoms with van der Waals surface area (Å²) in [5.41, 5.74) is 0.0398. The SMILES string of the molecule is O=C(NCc1ccco1)O[C@@H]1CC[C@@]23CCCN2C(=O)CCC[C@H]3C1. The van der Waals surface area contributed by atoms with E-state index in [4.69, 9.17) is 9.15 Å². The highest BCUT2D eigenvalue weighted by molar-refractivity contribution is 5.78. The first-order chi connectivity index (χ1) is 12.2. The van der Waals surface area contributed by atoms with Gasteiger partial charge in [0.05, 0.1) is 12.8 Å². The van der Waals surface area contributed by atoms with Crippen LogP contribution in [0.2, 0.25) is 0 Å². The van der Waals surface area contributed by atoms with Crippen LogP contribution in [0.1, 0.15) is 57.1 Å². The van der Waals surface area contributed by atoms with Crippen molar-refractivity contribution >= 4 is 12.0 Å². The number of nitrogens with one attached hydrogen (secondary N) is 1. The second-order valence-electron chi connectivity index (χ2n) is 7.58. The molecule has 0 unspecified atom stereocenters. The zero-order valence-electron chi connectivity index (χ0n) is 14.5. The van der Waals surface area contributed by atoms with Crippen molar-refractivity contribution in [2.75, 3.05) is 6.54 Å². The Hall–Kier alpha value is -1.98. The van der Waals surface area contributed by atoms with Gasteiger partial charge in [-0.1, -0.05) is 0 Å². The Balaban J connectivity index is 1.35. The summed E-state index contributed by atoms with van der Waals surface area (Å²) < 4.78 is 10.9. The number of carbonyl (C=O) groups is 2. The summed E-state index contributed by atoms with van der Waals surface area (Å²) >= 11 is 0. The molecule has 0 radical (unpaired) electrons. The Kier molecular flexibility index (Phi) is 4.44. The smallest absolute Gasteiger partial charge is 0.407 e. The molecule has 6 heteroatoms. The topological polar surface area (TPSA) is 71.8 Å². The van der Waals surface area contributed by atoms with E-state index in [2.05, 4.69) is 10.2 Å². The summed E-state index contributed by atoms with van der Waals surface area (Å²) in [5, 5.41) is 2.75. The van der Waals surface area contributed by atoms with Crippen LogP contribution in [-0.4, -0.2) is 35.1 Å². The molecule has 1 saturated carbocycles. The Morgan fingerprint density at radius 2 is 2.28 bits per heavy atom. The third-order valence-electron chi connectivity index (χ3n) is 6.24. The lowest BCUT2D eigenvalue weighted by Crippen LogP contribution is -2.54. The van der Waals surface area contributed by atoms with Gasteiger partial charge in [0.25, 0.3) is 0 Å². The van der Waals surface area contributed by atoms with Gasteiger partial charge in [0.1, 0.15) is 11.9 Å². The summed E-state index contributed by atoms with van der Waals surface area (Å²) in [7, 11) is 0. The van der Waals surface area contributed by atoms with E-state index in [1.54, 1.807) is 12.3 Å². The van der Waals surface area contributed by atoms with Crippen LogP contribution in [0.25, 0.3) is 0 Å². The van der Waals surface area contributed by atoms with Gasteiger partial charge >= 0.3 is 6.09 Å². The fourth-order valence-corrected chi connectivity index (χ4v) is 5.12. The maximum atomic E-state index is 12.4. The van der Waals surface area contributed by atoms with E-state index in [-0.39, 0.29) is 17.7 Å². The monoisotopic (exact) mass is 346 g/mol. The standard InChI is InChI=1S/C19H26N2O4/c22-17-6-1-4-14-12-15(7-9-19(14)8-3-10-21(17)19)25-18(23)20-13-16-5-2-11-24-16/h2,5,11,14-15H,1,3-4,6-10,12-13H2,(H,20,23)/t14-,15+,19+/m0/s1. The van der Waals surface area contributed by atoms with E-state index in [1.165, 1.54) is 0 Å². The van der Waals surface area contributed by atoms with Crippen molar-refractivity contribution in [1.82, 2.24) is 10.2 Å². The molecular formula is C19H26N2O4.